The number of hydrogen-bond acceptors (Lipinski definition) is 2. The molecule has 0 aliphatic carbocycles. The van der Waals surface area contributed by atoms with E-state index in [1.807, 2.05) is 30.3 Å². The summed E-state index contributed by atoms with van der Waals surface area (Å²) < 4.78 is 9.11. The number of para-hydroxylation sites is 1. The number of benzene rings is 2. The summed E-state index contributed by atoms with van der Waals surface area (Å²) in [7, 11) is 1.45. The highest BCUT2D eigenvalue weighted by atomic mass is 16.6. The lowest BCUT2D eigenvalue weighted by atomic mass is 10.1. The maximum absolute atomic E-state index is 12.3. The number of nitrogens with zero attached hydrogens (tertiary/aromatic N) is 1. The maximum atomic E-state index is 12.3. The van der Waals surface area contributed by atoms with Gasteiger partial charge in [-0.25, -0.2) is 0 Å². The molecule has 3 rings (SSSR count). The van der Waals surface area contributed by atoms with Crippen LogP contribution in [-0.4, -0.2) is 11.8 Å². The van der Waals surface area contributed by atoms with E-state index in [-0.39, 0.29) is 11.6 Å². The van der Waals surface area contributed by atoms with Crippen LogP contribution in [0.15, 0.2) is 53.3 Å². The molecule has 3 nitrogen and oxygen atoms in total. The molecule has 17 heavy (non-hydrogen) atoms. The van der Waals surface area contributed by atoms with Gasteiger partial charge in [0.15, 0.2) is 0 Å². The Bertz CT molecular complexity index is 808. The van der Waals surface area contributed by atoms with Gasteiger partial charge in [-0.15, -0.1) is 4.73 Å². The largest absolute Gasteiger partial charge is 0.413 e. The van der Waals surface area contributed by atoms with Crippen molar-refractivity contribution in [2.45, 2.75) is 0 Å². The molecule has 1 heterocycles. The van der Waals surface area contributed by atoms with Crippen LogP contribution in [-0.2, 0) is 0 Å². The Morgan fingerprint density at radius 2 is 1.76 bits per heavy atom. The fraction of sp³-hybridized carbons (Fsp3) is 0.0714. The minimum absolute atomic E-state index is 0.217. The van der Waals surface area contributed by atoms with Gasteiger partial charge in [-0.3, -0.25) is 4.79 Å². The molecule has 0 atom stereocenters. The number of rotatable bonds is 1. The first-order chi connectivity index (χ1) is 8.74. The monoisotopic (exact) mass is 226 g/mol. The quantitative estimate of drug-likeness (QED) is 0.596. The van der Waals surface area contributed by atoms with E-state index in [2.05, 4.69) is 0 Å². The molecule has 0 spiro atoms. The van der Waals surface area contributed by atoms with Gasteiger partial charge in [0.05, 0.1) is 12.3 Å². The van der Waals surface area contributed by atoms with Gasteiger partial charge < -0.3 is 4.84 Å². The highest BCUT2D eigenvalue weighted by Crippen LogP contribution is 2.21. The third-order valence-electron chi connectivity index (χ3n) is 2.85. The first-order valence-corrected chi connectivity index (χ1v) is 5.31. The smallest absolute Gasteiger partial charge is 0.291 e. The molecule has 0 unspecified atom stereocenters. The molecule has 0 saturated carbocycles. The van der Waals surface area contributed by atoms with Crippen LogP contribution >= 0.6 is 0 Å². The molecule has 0 N–H and O–H groups in total. The normalized spacial score (nSPS) is 11.7. The molecule has 1 aromatic heterocycles. The van der Waals surface area contributed by atoms with Gasteiger partial charge in [-0.1, -0.05) is 36.4 Å². The minimum atomic E-state index is -0.295. The van der Waals surface area contributed by atoms with Crippen LogP contribution in [0.4, 0.5) is 0 Å². The zero-order valence-electron chi connectivity index (χ0n) is 10.3. The van der Waals surface area contributed by atoms with Crippen molar-refractivity contribution in [1.82, 2.24) is 4.73 Å². The molecule has 0 aliphatic heterocycles. The van der Waals surface area contributed by atoms with Crippen molar-refractivity contribution in [3.05, 3.63) is 58.9 Å². The molecule has 0 fully saturated rings. The summed E-state index contributed by atoms with van der Waals surface area (Å²) in [6.45, 7) is 0. The van der Waals surface area contributed by atoms with Gasteiger partial charge in [-0.05, 0) is 17.5 Å². The molecular formula is C14H11NO2. The lowest BCUT2D eigenvalue weighted by molar-refractivity contribution is 0.170. The van der Waals surface area contributed by atoms with E-state index in [4.69, 9.17) is 6.21 Å². The van der Waals surface area contributed by atoms with Crippen molar-refractivity contribution >= 4 is 21.7 Å². The van der Waals surface area contributed by atoms with Gasteiger partial charge in [0, 0.05) is 5.39 Å². The summed E-state index contributed by atoms with van der Waals surface area (Å²) in [5, 5.41) is 2.08. The van der Waals surface area contributed by atoms with Crippen LogP contribution in [0.2, 0.25) is 0 Å². The molecule has 84 valence electrons. The van der Waals surface area contributed by atoms with Crippen molar-refractivity contribution in [2.75, 3.05) is 7.11 Å². The Balaban J connectivity index is 2.71. The summed E-state index contributed by atoms with van der Waals surface area (Å²) in [5.74, 6) is 0. The second-order valence-corrected chi connectivity index (χ2v) is 3.76. The third-order valence-corrected chi connectivity index (χ3v) is 2.85. The molecule has 3 aromatic rings. The minimum Gasteiger partial charge on any atom is -0.413 e. The highest BCUT2D eigenvalue weighted by Gasteiger charge is 2.09. The second-order valence-electron chi connectivity index (χ2n) is 3.76. The number of aromatic nitrogens is 1. The SMILES string of the molecule is [2H]c1cccc2c1c(=O)n(OC)c1ccccc21. The van der Waals surface area contributed by atoms with Crippen LogP contribution in [0, 0.1) is 0 Å². The van der Waals surface area contributed by atoms with Crippen LogP contribution in [0.25, 0.3) is 21.7 Å². The first-order valence-electron chi connectivity index (χ1n) is 5.81. The van der Waals surface area contributed by atoms with Crippen LogP contribution in [0.3, 0.4) is 0 Å². The van der Waals surface area contributed by atoms with E-state index in [0.717, 1.165) is 10.8 Å². The highest BCUT2D eigenvalue weighted by molar-refractivity contribution is 6.05. The molecular weight excluding hydrogens is 214 g/mol. The predicted octanol–water partition coefficient (Wildman–Crippen LogP) is 2.21. The summed E-state index contributed by atoms with van der Waals surface area (Å²) in [4.78, 5) is 17.5. The molecule has 0 amide bonds. The van der Waals surface area contributed by atoms with E-state index in [9.17, 15) is 4.79 Å². The fourth-order valence-electron chi connectivity index (χ4n) is 2.11. The van der Waals surface area contributed by atoms with Gasteiger partial charge in [0.1, 0.15) is 7.11 Å². The molecule has 0 bridgehead atoms. The fourth-order valence-corrected chi connectivity index (χ4v) is 2.11. The van der Waals surface area contributed by atoms with Gasteiger partial charge in [0.25, 0.3) is 5.56 Å². The average Bonchev–Trinajstić information content (AvgIpc) is 2.39. The predicted molar refractivity (Wildman–Crippen MR) is 68.2 cm³/mol. The van der Waals surface area contributed by atoms with Crippen molar-refractivity contribution in [2.24, 2.45) is 0 Å². The number of fused-ring (bicyclic) bond motifs is 3. The first kappa shape index (κ1) is 8.82. The second kappa shape index (κ2) is 3.63. The zero-order valence-corrected chi connectivity index (χ0v) is 9.31. The Kier molecular flexibility index (Phi) is 1.88. The van der Waals surface area contributed by atoms with Gasteiger partial charge in [-0.2, -0.15) is 0 Å². The van der Waals surface area contributed by atoms with Crippen molar-refractivity contribution in [1.29, 1.82) is 0 Å². The van der Waals surface area contributed by atoms with Crippen LogP contribution < -0.4 is 10.4 Å². The summed E-state index contributed by atoms with van der Waals surface area (Å²) in [6, 6.07) is 13.0. The molecule has 0 radical (unpaired) electrons. The Hall–Kier alpha value is -2.29. The van der Waals surface area contributed by atoms with E-state index in [1.165, 1.54) is 11.8 Å². The number of hydrogen-bond donors (Lipinski definition) is 0. The molecule has 2 aromatic carbocycles. The average molecular weight is 226 g/mol. The Morgan fingerprint density at radius 1 is 1.06 bits per heavy atom. The lowest BCUT2D eigenvalue weighted by Crippen LogP contribution is -2.25. The van der Waals surface area contributed by atoms with E-state index < -0.39 is 0 Å². The molecule has 0 aliphatic rings. The van der Waals surface area contributed by atoms with E-state index >= 15 is 0 Å². The summed E-state index contributed by atoms with van der Waals surface area (Å²) in [5.41, 5.74) is 0.417. The van der Waals surface area contributed by atoms with Crippen LogP contribution in [0.5, 0.6) is 0 Å². The van der Waals surface area contributed by atoms with Gasteiger partial charge in [0.2, 0.25) is 0 Å². The maximum Gasteiger partial charge on any atom is 0.291 e. The van der Waals surface area contributed by atoms with Crippen molar-refractivity contribution in [3.8, 4) is 0 Å². The lowest BCUT2D eigenvalue weighted by Gasteiger charge is -2.10. The Labute approximate surface area is 99.2 Å². The van der Waals surface area contributed by atoms with Crippen molar-refractivity contribution in [3.63, 3.8) is 0 Å². The van der Waals surface area contributed by atoms with Crippen molar-refractivity contribution < 1.29 is 6.21 Å². The zero-order chi connectivity index (χ0) is 12.7. The van der Waals surface area contributed by atoms with E-state index in [1.54, 1.807) is 12.1 Å². The number of pyridine rings is 1. The summed E-state index contributed by atoms with van der Waals surface area (Å²) in [6.07, 6.45) is 0. The third kappa shape index (κ3) is 1.32. The van der Waals surface area contributed by atoms with Gasteiger partial charge >= 0.3 is 0 Å². The molecule has 0 saturated heterocycles. The van der Waals surface area contributed by atoms with Crippen LogP contribution in [0.1, 0.15) is 1.37 Å². The topological polar surface area (TPSA) is 31.2 Å². The molecule has 3 heteroatoms. The van der Waals surface area contributed by atoms with E-state index in [0.29, 0.717) is 10.9 Å². The standard InChI is InChI=1S/C14H11NO2/c1-17-15-13-9-5-4-7-11(13)10-6-2-3-8-12(10)14(15)16/h2-9H,1H3/i8D. The Morgan fingerprint density at radius 3 is 2.59 bits per heavy atom. The summed E-state index contributed by atoms with van der Waals surface area (Å²) >= 11 is 0.